The Morgan fingerprint density at radius 3 is 2.62 bits per heavy atom. The number of fused-ring (bicyclic) bond motifs is 1. The zero-order chi connectivity index (χ0) is 17.3. The van der Waals surface area contributed by atoms with E-state index >= 15 is 0 Å². The number of aliphatic hydroxyl groups excluding tert-OH is 1. The second-order valence-corrected chi connectivity index (χ2v) is 8.27. The predicted molar refractivity (Wildman–Crippen MR) is 88.9 cm³/mol. The summed E-state index contributed by atoms with van der Waals surface area (Å²) in [6.45, 7) is 6.71. The second kappa shape index (κ2) is 6.87. The lowest BCUT2D eigenvalue weighted by Gasteiger charge is -2.39. The molecule has 24 heavy (non-hydrogen) atoms. The lowest BCUT2D eigenvalue weighted by Crippen LogP contribution is -2.54. The summed E-state index contributed by atoms with van der Waals surface area (Å²) in [5.41, 5.74) is 0. The molecule has 7 nitrogen and oxygen atoms in total. The maximum absolute atomic E-state index is 13.0. The first-order valence-corrected chi connectivity index (χ1v) is 9.64. The fourth-order valence-electron chi connectivity index (χ4n) is 3.23. The van der Waals surface area contributed by atoms with Crippen LogP contribution in [-0.2, 0) is 10.0 Å². The van der Waals surface area contributed by atoms with Gasteiger partial charge in [-0.05, 0) is 26.0 Å². The summed E-state index contributed by atoms with van der Waals surface area (Å²) < 4.78 is 38.4. The van der Waals surface area contributed by atoms with Crippen molar-refractivity contribution in [3.63, 3.8) is 0 Å². The van der Waals surface area contributed by atoms with Crippen LogP contribution in [0.25, 0.3) is 0 Å². The highest BCUT2D eigenvalue weighted by molar-refractivity contribution is 7.89. The Morgan fingerprint density at radius 2 is 1.96 bits per heavy atom. The van der Waals surface area contributed by atoms with Crippen molar-refractivity contribution in [2.45, 2.75) is 30.9 Å². The molecule has 1 N–H and O–H groups in total. The fourth-order valence-corrected chi connectivity index (χ4v) is 4.86. The van der Waals surface area contributed by atoms with E-state index in [4.69, 9.17) is 9.47 Å². The highest BCUT2D eigenvalue weighted by Gasteiger charge is 2.34. The van der Waals surface area contributed by atoms with Gasteiger partial charge in [0.25, 0.3) is 0 Å². The molecule has 0 bridgehead atoms. The van der Waals surface area contributed by atoms with E-state index in [-0.39, 0.29) is 10.9 Å². The molecule has 8 heteroatoms. The SMILES string of the molecule is CC(O)CN1CCN(S(=O)(=O)c2ccc3c(c2)OCCO3)C(C)C1. The molecule has 2 aliphatic heterocycles. The molecule has 2 unspecified atom stereocenters. The Balaban J connectivity index is 1.78. The van der Waals surface area contributed by atoms with Gasteiger partial charge in [-0.2, -0.15) is 4.31 Å². The number of sulfonamides is 1. The summed E-state index contributed by atoms with van der Waals surface area (Å²) >= 11 is 0. The van der Waals surface area contributed by atoms with Crippen LogP contribution in [0.5, 0.6) is 11.5 Å². The molecular formula is C16H24N2O5S. The first kappa shape index (κ1) is 17.5. The molecule has 0 aliphatic carbocycles. The van der Waals surface area contributed by atoms with Crippen LogP contribution in [0.1, 0.15) is 13.8 Å². The molecule has 0 spiro atoms. The minimum atomic E-state index is -3.59. The van der Waals surface area contributed by atoms with Gasteiger partial charge in [0.05, 0.1) is 11.0 Å². The van der Waals surface area contributed by atoms with E-state index in [2.05, 4.69) is 4.90 Å². The first-order chi connectivity index (χ1) is 11.4. The van der Waals surface area contributed by atoms with Crippen molar-refractivity contribution in [1.82, 2.24) is 9.21 Å². The van der Waals surface area contributed by atoms with Crippen molar-refractivity contribution >= 4 is 10.0 Å². The summed E-state index contributed by atoms with van der Waals surface area (Å²) in [6.07, 6.45) is -0.418. The highest BCUT2D eigenvalue weighted by Crippen LogP contribution is 2.33. The third-order valence-electron chi connectivity index (χ3n) is 4.29. The average Bonchev–Trinajstić information content (AvgIpc) is 2.53. The van der Waals surface area contributed by atoms with Crippen LogP contribution in [0, 0.1) is 0 Å². The number of β-amino-alcohol motifs (C(OH)–C–C–N with tert-alkyl or cyclic N) is 1. The molecule has 2 atom stereocenters. The van der Waals surface area contributed by atoms with E-state index in [9.17, 15) is 13.5 Å². The molecule has 2 heterocycles. The standard InChI is InChI=1S/C16H24N2O5S/c1-12-10-17(11-13(2)19)5-6-18(12)24(20,21)14-3-4-15-16(9-14)23-8-7-22-15/h3-4,9,12-13,19H,5-8,10-11H2,1-2H3. The van der Waals surface area contributed by atoms with Gasteiger partial charge in [0.1, 0.15) is 13.2 Å². The number of hydrogen-bond donors (Lipinski definition) is 1. The third-order valence-corrected chi connectivity index (χ3v) is 6.30. The summed E-state index contributed by atoms with van der Waals surface area (Å²) in [5.74, 6) is 1.05. The second-order valence-electron chi connectivity index (χ2n) is 6.38. The van der Waals surface area contributed by atoms with Crippen molar-refractivity contribution < 1.29 is 23.0 Å². The Kier molecular flexibility index (Phi) is 5.00. The summed E-state index contributed by atoms with van der Waals surface area (Å²) in [6, 6.07) is 4.60. The summed E-state index contributed by atoms with van der Waals surface area (Å²) in [5, 5.41) is 9.51. The van der Waals surface area contributed by atoms with E-state index < -0.39 is 16.1 Å². The largest absolute Gasteiger partial charge is 0.486 e. The van der Waals surface area contributed by atoms with E-state index in [0.29, 0.717) is 50.9 Å². The molecule has 0 saturated carbocycles. The highest BCUT2D eigenvalue weighted by atomic mass is 32.2. The third kappa shape index (κ3) is 3.51. The van der Waals surface area contributed by atoms with Crippen LogP contribution in [0.15, 0.2) is 23.1 Å². The molecule has 3 rings (SSSR count). The van der Waals surface area contributed by atoms with Crippen molar-refractivity contribution in [2.24, 2.45) is 0 Å². The van der Waals surface area contributed by atoms with Gasteiger partial charge in [-0.3, -0.25) is 4.90 Å². The van der Waals surface area contributed by atoms with Crippen molar-refractivity contribution in [2.75, 3.05) is 39.4 Å². The first-order valence-electron chi connectivity index (χ1n) is 8.20. The van der Waals surface area contributed by atoms with Crippen LogP contribution in [0.2, 0.25) is 0 Å². The van der Waals surface area contributed by atoms with E-state index in [1.54, 1.807) is 25.1 Å². The van der Waals surface area contributed by atoms with Crippen molar-refractivity contribution in [3.8, 4) is 11.5 Å². The molecule has 1 aromatic carbocycles. The Labute approximate surface area is 142 Å². The summed E-state index contributed by atoms with van der Waals surface area (Å²) in [4.78, 5) is 2.31. The molecule has 134 valence electrons. The minimum absolute atomic E-state index is 0.157. The molecule has 0 amide bonds. The Hall–Kier alpha value is -1.35. The topological polar surface area (TPSA) is 79.3 Å². The van der Waals surface area contributed by atoms with Crippen LogP contribution in [0.3, 0.4) is 0 Å². The van der Waals surface area contributed by atoms with E-state index in [1.807, 2.05) is 6.92 Å². The van der Waals surface area contributed by atoms with Gasteiger partial charge in [0, 0.05) is 38.3 Å². The molecule has 1 fully saturated rings. The van der Waals surface area contributed by atoms with Crippen molar-refractivity contribution in [3.05, 3.63) is 18.2 Å². The number of aliphatic hydroxyl groups is 1. The van der Waals surface area contributed by atoms with Gasteiger partial charge >= 0.3 is 0 Å². The molecule has 1 aromatic rings. The molecule has 1 saturated heterocycles. The lowest BCUT2D eigenvalue weighted by atomic mass is 10.2. The molecule has 0 aromatic heterocycles. The molecule has 0 radical (unpaired) electrons. The predicted octanol–water partition coefficient (Wildman–Crippen LogP) is 0.533. The van der Waals surface area contributed by atoms with Gasteiger partial charge in [-0.25, -0.2) is 8.42 Å². The smallest absolute Gasteiger partial charge is 0.243 e. The van der Waals surface area contributed by atoms with Gasteiger partial charge in [-0.1, -0.05) is 0 Å². The van der Waals surface area contributed by atoms with Crippen LogP contribution >= 0.6 is 0 Å². The number of ether oxygens (including phenoxy) is 2. The number of piperazine rings is 1. The number of benzene rings is 1. The Morgan fingerprint density at radius 1 is 1.25 bits per heavy atom. The van der Waals surface area contributed by atoms with Gasteiger partial charge in [0.2, 0.25) is 10.0 Å². The monoisotopic (exact) mass is 356 g/mol. The minimum Gasteiger partial charge on any atom is -0.486 e. The zero-order valence-corrected chi connectivity index (χ0v) is 14.8. The quantitative estimate of drug-likeness (QED) is 0.848. The Bertz CT molecular complexity index is 692. The maximum atomic E-state index is 13.0. The van der Waals surface area contributed by atoms with Crippen molar-refractivity contribution in [1.29, 1.82) is 0 Å². The molecular weight excluding hydrogens is 332 g/mol. The van der Waals surface area contributed by atoms with Crippen LogP contribution < -0.4 is 9.47 Å². The average molecular weight is 356 g/mol. The zero-order valence-electron chi connectivity index (χ0n) is 14.0. The molecule has 2 aliphatic rings. The van der Waals surface area contributed by atoms with Crippen LogP contribution in [-0.4, -0.2) is 74.3 Å². The lowest BCUT2D eigenvalue weighted by molar-refractivity contribution is 0.0840. The number of hydrogen-bond acceptors (Lipinski definition) is 6. The normalized spacial score (nSPS) is 23.9. The van der Waals surface area contributed by atoms with Gasteiger partial charge in [0.15, 0.2) is 11.5 Å². The van der Waals surface area contributed by atoms with Crippen LogP contribution in [0.4, 0.5) is 0 Å². The summed E-state index contributed by atoms with van der Waals surface area (Å²) in [7, 11) is -3.59. The maximum Gasteiger partial charge on any atom is 0.243 e. The van der Waals surface area contributed by atoms with Gasteiger partial charge in [-0.15, -0.1) is 0 Å². The van der Waals surface area contributed by atoms with Gasteiger partial charge < -0.3 is 14.6 Å². The number of rotatable bonds is 4. The van der Waals surface area contributed by atoms with E-state index in [0.717, 1.165) is 0 Å². The fraction of sp³-hybridized carbons (Fsp3) is 0.625. The number of nitrogens with zero attached hydrogens (tertiary/aromatic N) is 2. The van der Waals surface area contributed by atoms with E-state index in [1.165, 1.54) is 4.31 Å².